The molecule has 1 aromatic carbocycles. The Balaban J connectivity index is 1.78. The minimum absolute atomic E-state index is 0.0690. The van der Waals surface area contributed by atoms with Gasteiger partial charge in [0.1, 0.15) is 11.5 Å². The number of benzene rings is 1. The van der Waals surface area contributed by atoms with Gasteiger partial charge in [-0.1, -0.05) is 0 Å². The molecular weight excluding hydrogens is 274 g/mol. The maximum Gasteiger partial charge on any atom is 0.306 e. The van der Waals surface area contributed by atoms with Crippen LogP contribution in [0.5, 0.6) is 11.5 Å². The van der Waals surface area contributed by atoms with Crippen LogP contribution in [0.15, 0.2) is 24.3 Å². The maximum atomic E-state index is 11.9. The third kappa shape index (κ3) is 3.87. The monoisotopic (exact) mass is 293 g/mol. The van der Waals surface area contributed by atoms with Crippen LogP contribution in [0.4, 0.5) is 0 Å². The van der Waals surface area contributed by atoms with Gasteiger partial charge in [0.05, 0.1) is 13.0 Å². The van der Waals surface area contributed by atoms with E-state index in [0.29, 0.717) is 24.3 Å². The molecule has 2 rings (SSSR count). The summed E-state index contributed by atoms with van der Waals surface area (Å²) in [7, 11) is 1.58. The molecule has 1 aliphatic rings. The molecule has 0 radical (unpaired) electrons. The lowest BCUT2D eigenvalue weighted by molar-refractivity contribution is -0.146. The second kappa shape index (κ2) is 6.47. The summed E-state index contributed by atoms with van der Waals surface area (Å²) < 4.78 is 10.6. The van der Waals surface area contributed by atoms with Crippen molar-refractivity contribution in [3.8, 4) is 11.5 Å². The van der Waals surface area contributed by atoms with E-state index < -0.39 is 12.1 Å². The van der Waals surface area contributed by atoms with Crippen LogP contribution in [0.3, 0.4) is 0 Å². The van der Waals surface area contributed by atoms with Gasteiger partial charge in [-0.3, -0.25) is 9.59 Å². The number of hydrogen-bond donors (Lipinski definition) is 2. The highest BCUT2D eigenvalue weighted by atomic mass is 16.5. The first-order valence-electron chi connectivity index (χ1n) is 6.83. The highest BCUT2D eigenvalue weighted by Crippen LogP contribution is 2.27. The summed E-state index contributed by atoms with van der Waals surface area (Å²) >= 11 is 0. The molecule has 1 saturated carbocycles. The summed E-state index contributed by atoms with van der Waals surface area (Å²) in [5.74, 6) is -0.0834. The third-order valence-corrected chi connectivity index (χ3v) is 3.58. The van der Waals surface area contributed by atoms with Gasteiger partial charge < -0.3 is 19.9 Å². The Kier molecular flexibility index (Phi) is 4.67. The zero-order valence-electron chi connectivity index (χ0n) is 12.0. The van der Waals surface area contributed by atoms with Gasteiger partial charge in [-0.05, 0) is 44.0 Å². The van der Waals surface area contributed by atoms with Crippen molar-refractivity contribution < 1.29 is 24.2 Å². The molecular formula is C15H19NO5. The standard InChI is InChI=1S/C15H19NO5/c1-9(21-13-5-3-12(20-2)4-6-13)14(17)16-11-7-10(8-11)15(18)19/h3-6,9-11H,7-8H2,1-2H3,(H,16,17)(H,18,19). The number of carboxylic acids is 1. The molecule has 1 atom stereocenters. The molecule has 114 valence electrons. The number of methoxy groups -OCH3 is 1. The lowest BCUT2D eigenvalue weighted by Crippen LogP contribution is -2.50. The number of hydrogen-bond acceptors (Lipinski definition) is 4. The van der Waals surface area contributed by atoms with Gasteiger partial charge in [-0.25, -0.2) is 0 Å². The zero-order valence-corrected chi connectivity index (χ0v) is 12.0. The lowest BCUT2D eigenvalue weighted by atomic mass is 9.80. The van der Waals surface area contributed by atoms with Crippen molar-refractivity contribution >= 4 is 11.9 Å². The zero-order chi connectivity index (χ0) is 15.4. The number of carboxylic acid groups (broad SMARTS) is 1. The molecule has 6 heteroatoms. The van der Waals surface area contributed by atoms with Crippen molar-refractivity contribution in [3.63, 3.8) is 0 Å². The van der Waals surface area contributed by atoms with E-state index in [2.05, 4.69) is 5.32 Å². The Labute approximate surface area is 123 Å². The fourth-order valence-corrected chi connectivity index (χ4v) is 2.17. The van der Waals surface area contributed by atoms with Crippen molar-refractivity contribution in [1.29, 1.82) is 0 Å². The first-order valence-corrected chi connectivity index (χ1v) is 6.83. The van der Waals surface area contributed by atoms with Crippen molar-refractivity contribution in [3.05, 3.63) is 24.3 Å². The fourth-order valence-electron chi connectivity index (χ4n) is 2.17. The first-order chi connectivity index (χ1) is 9.99. The first kappa shape index (κ1) is 15.2. The second-order valence-corrected chi connectivity index (χ2v) is 5.15. The van der Waals surface area contributed by atoms with Crippen LogP contribution in [-0.2, 0) is 9.59 Å². The molecule has 0 aromatic heterocycles. The quantitative estimate of drug-likeness (QED) is 0.829. The minimum atomic E-state index is -0.803. The molecule has 6 nitrogen and oxygen atoms in total. The third-order valence-electron chi connectivity index (χ3n) is 3.58. The van der Waals surface area contributed by atoms with Crippen LogP contribution in [0.1, 0.15) is 19.8 Å². The van der Waals surface area contributed by atoms with Crippen molar-refractivity contribution in [2.24, 2.45) is 5.92 Å². The molecule has 1 fully saturated rings. The van der Waals surface area contributed by atoms with Gasteiger partial charge in [0.25, 0.3) is 5.91 Å². The van der Waals surface area contributed by atoms with Gasteiger partial charge in [0.15, 0.2) is 6.10 Å². The number of carbonyl (C=O) groups excluding carboxylic acids is 1. The summed E-state index contributed by atoms with van der Waals surface area (Å²) in [6, 6.07) is 6.89. The topological polar surface area (TPSA) is 84.9 Å². The Morgan fingerprint density at radius 2 is 1.81 bits per heavy atom. The molecule has 0 saturated heterocycles. The molecule has 1 amide bonds. The van der Waals surface area contributed by atoms with E-state index in [1.54, 1.807) is 38.3 Å². The molecule has 0 spiro atoms. The SMILES string of the molecule is COc1ccc(OC(C)C(=O)NC2CC(C(=O)O)C2)cc1. The van der Waals surface area contributed by atoms with Gasteiger partial charge >= 0.3 is 5.97 Å². The predicted molar refractivity (Wildman–Crippen MR) is 75.4 cm³/mol. The normalized spacial score (nSPS) is 21.8. The Morgan fingerprint density at radius 1 is 1.24 bits per heavy atom. The number of ether oxygens (including phenoxy) is 2. The lowest BCUT2D eigenvalue weighted by Gasteiger charge is -2.33. The van der Waals surface area contributed by atoms with Gasteiger partial charge in [0, 0.05) is 6.04 Å². The summed E-state index contributed by atoms with van der Waals surface area (Å²) in [6.45, 7) is 1.66. The minimum Gasteiger partial charge on any atom is -0.497 e. The molecule has 0 heterocycles. The van der Waals surface area contributed by atoms with Crippen LogP contribution in [-0.4, -0.2) is 36.2 Å². The van der Waals surface area contributed by atoms with Crippen LogP contribution >= 0.6 is 0 Å². The molecule has 0 bridgehead atoms. The van der Waals surface area contributed by atoms with Gasteiger partial charge in [-0.2, -0.15) is 0 Å². The van der Waals surface area contributed by atoms with Crippen molar-refractivity contribution in [2.45, 2.75) is 31.9 Å². The van der Waals surface area contributed by atoms with E-state index in [1.807, 2.05) is 0 Å². The Morgan fingerprint density at radius 3 is 2.33 bits per heavy atom. The molecule has 1 unspecified atom stereocenters. The fraction of sp³-hybridized carbons (Fsp3) is 0.467. The van der Waals surface area contributed by atoms with Crippen LogP contribution in [0, 0.1) is 5.92 Å². The van der Waals surface area contributed by atoms with Crippen LogP contribution in [0.2, 0.25) is 0 Å². The smallest absolute Gasteiger partial charge is 0.306 e. The molecule has 0 aliphatic heterocycles. The largest absolute Gasteiger partial charge is 0.497 e. The number of carbonyl (C=O) groups is 2. The second-order valence-electron chi connectivity index (χ2n) is 5.15. The summed E-state index contributed by atoms with van der Waals surface area (Å²) in [6.07, 6.45) is 0.328. The van der Waals surface area contributed by atoms with E-state index in [-0.39, 0.29) is 17.9 Å². The van der Waals surface area contributed by atoms with E-state index >= 15 is 0 Å². The molecule has 21 heavy (non-hydrogen) atoms. The van der Waals surface area contributed by atoms with E-state index in [4.69, 9.17) is 14.6 Å². The van der Waals surface area contributed by atoms with Gasteiger partial charge in [-0.15, -0.1) is 0 Å². The van der Waals surface area contributed by atoms with Crippen LogP contribution in [0.25, 0.3) is 0 Å². The number of rotatable bonds is 6. The Bertz CT molecular complexity index is 507. The van der Waals surface area contributed by atoms with Crippen molar-refractivity contribution in [2.75, 3.05) is 7.11 Å². The predicted octanol–water partition coefficient (Wildman–Crippen LogP) is 1.44. The van der Waals surface area contributed by atoms with E-state index in [9.17, 15) is 9.59 Å². The van der Waals surface area contributed by atoms with Crippen molar-refractivity contribution in [1.82, 2.24) is 5.32 Å². The number of amides is 1. The van der Waals surface area contributed by atoms with Gasteiger partial charge in [0.2, 0.25) is 0 Å². The summed E-state index contributed by atoms with van der Waals surface area (Å²) in [5.41, 5.74) is 0. The van der Waals surface area contributed by atoms with Crippen LogP contribution < -0.4 is 14.8 Å². The van der Waals surface area contributed by atoms with E-state index in [0.717, 1.165) is 0 Å². The average molecular weight is 293 g/mol. The summed E-state index contributed by atoms with van der Waals surface area (Å²) in [5, 5.41) is 11.6. The highest BCUT2D eigenvalue weighted by molar-refractivity contribution is 5.81. The molecule has 1 aliphatic carbocycles. The number of nitrogens with one attached hydrogen (secondary N) is 1. The van der Waals surface area contributed by atoms with E-state index in [1.165, 1.54) is 0 Å². The maximum absolute atomic E-state index is 11.9. The average Bonchev–Trinajstić information content (AvgIpc) is 2.42. The highest BCUT2D eigenvalue weighted by Gasteiger charge is 2.36. The summed E-state index contributed by atoms with van der Waals surface area (Å²) in [4.78, 5) is 22.6. The Hall–Kier alpha value is -2.24. The molecule has 2 N–H and O–H groups in total. The molecule has 1 aromatic rings. The number of aliphatic carboxylic acids is 1.